The molecule has 6 heteroatoms. The lowest BCUT2D eigenvalue weighted by molar-refractivity contribution is -0.128. The lowest BCUT2D eigenvalue weighted by atomic mass is 10.2. The van der Waals surface area contributed by atoms with Crippen molar-refractivity contribution in [1.29, 1.82) is 0 Å². The molecule has 0 spiro atoms. The first-order valence-corrected chi connectivity index (χ1v) is 7.27. The van der Waals surface area contributed by atoms with Gasteiger partial charge in [0.2, 0.25) is 10.0 Å². The van der Waals surface area contributed by atoms with Crippen molar-refractivity contribution in [2.24, 2.45) is 5.92 Å². The standard InChI is InChI=1S/C13H17NO4S/c1-4-13(15)18-11-6-5-7-12(8-11)19(16,17)14-9-10(2)3/h4-8,10,14H,1,9H2,2-3H3. The Balaban J connectivity index is 2.92. The summed E-state index contributed by atoms with van der Waals surface area (Å²) < 4.78 is 31.3. The van der Waals surface area contributed by atoms with E-state index >= 15 is 0 Å². The van der Waals surface area contributed by atoms with Crippen molar-refractivity contribution in [3.63, 3.8) is 0 Å². The van der Waals surface area contributed by atoms with E-state index in [4.69, 9.17) is 4.74 Å². The molecule has 0 amide bonds. The van der Waals surface area contributed by atoms with Crippen molar-refractivity contribution in [2.75, 3.05) is 6.54 Å². The van der Waals surface area contributed by atoms with Gasteiger partial charge < -0.3 is 4.74 Å². The summed E-state index contributed by atoms with van der Waals surface area (Å²) >= 11 is 0. The molecule has 1 aromatic rings. The van der Waals surface area contributed by atoms with Crippen molar-refractivity contribution in [3.05, 3.63) is 36.9 Å². The molecule has 0 atom stereocenters. The number of esters is 1. The lowest BCUT2D eigenvalue weighted by Gasteiger charge is -2.09. The number of ether oxygens (including phenoxy) is 1. The van der Waals surface area contributed by atoms with Gasteiger partial charge in [-0.05, 0) is 18.1 Å². The highest BCUT2D eigenvalue weighted by atomic mass is 32.2. The van der Waals surface area contributed by atoms with Crippen LogP contribution in [-0.4, -0.2) is 20.9 Å². The fraction of sp³-hybridized carbons (Fsp3) is 0.308. The Hall–Kier alpha value is -1.66. The van der Waals surface area contributed by atoms with E-state index in [9.17, 15) is 13.2 Å². The highest BCUT2D eigenvalue weighted by molar-refractivity contribution is 7.89. The molecule has 0 bridgehead atoms. The van der Waals surface area contributed by atoms with Gasteiger partial charge in [0, 0.05) is 18.7 Å². The van der Waals surface area contributed by atoms with Gasteiger partial charge in [-0.15, -0.1) is 0 Å². The number of benzene rings is 1. The van der Waals surface area contributed by atoms with Gasteiger partial charge in [-0.3, -0.25) is 0 Å². The monoisotopic (exact) mass is 283 g/mol. The second-order valence-corrected chi connectivity index (χ2v) is 6.11. The Morgan fingerprint density at radius 2 is 2.16 bits per heavy atom. The Bertz CT molecular complexity index is 564. The van der Waals surface area contributed by atoms with E-state index in [1.807, 2.05) is 13.8 Å². The van der Waals surface area contributed by atoms with Crippen molar-refractivity contribution in [2.45, 2.75) is 18.7 Å². The van der Waals surface area contributed by atoms with Gasteiger partial charge in [0.25, 0.3) is 0 Å². The minimum atomic E-state index is -3.59. The van der Waals surface area contributed by atoms with Crippen LogP contribution < -0.4 is 9.46 Å². The molecule has 0 fully saturated rings. The second kappa shape index (κ2) is 6.49. The lowest BCUT2D eigenvalue weighted by Crippen LogP contribution is -2.27. The Morgan fingerprint density at radius 3 is 2.74 bits per heavy atom. The summed E-state index contributed by atoms with van der Waals surface area (Å²) in [5.74, 6) is -0.265. The van der Waals surface area contributed by atoms with Gasteiger partial charge in [0.15, 0.2) is 0 Å². The number of hydrogen-bond donors (Lipinski definition) is 1. The van der Waals surface area contributed by atoms with Crippen LogP contribution in [0.5, 0.6) is 5.75 Å². The third-order valence-corrected chi connectivity index (χ3v) is 3.60. The second-order valence-electron chi connectivity index (χ2n) is 4.35. The molecule has 0 aliphatic rings. The maximum absolute atomic E-state index is 12.0. The van der Waals surface area contributed by atoms with E-state index in [2.05, 4.69) is 11.3 Å². The van der Waals surface area contributed by atoms with Crippen LogP contribution in [0.15, 0.2) is 41.8 Å². The number of rotatable bonds is 6. The third-order valence-electron chi connectivity index (χ3n) is 2.18. The Morgan fingerprint density at radius 1 is 1.47 bits per heavy atom. The molecular weight excluding hydrogens is 266 g/mol. The fourth-order valence-electron chi connectivity index (χ4n) is 1.22. The van der Waals surface area contributed by atoms with Gasteiger partial charge in [-0.1, -0.05) is 26.5 Å². The molecule has 104 valence electrons. The molecule has 0 radical (unpaired) electrons. The zero-order chi connectivity index (χ0) is 14.5. The van der Waals surface area contributed by atoms with E-state index in [0.717, 1.165) is 6.08 Å². The Labute approximate surface area is 113 Å². The number of carbonyl (C=O) groups excluding carboxylic acids is 1. The van der Waals surface area contributed by atoms with Crippen LogP contribution in [0, 0.1) is 5.92 Å². The highest BCUT2D eigenvalue weighted by Gasteiger charge is 2.15. The molecule has 0 aromatic heterocycles. The zero-order valence-electron chi connectivity index (χ0n) is 10.9. The summed E-state index contributed by atoms with van der Waals surface area (Å²) in [7, 11) is -3.59. The van der Waals surface area contributed by atoms with Crippen LogP contribution in [-0.2, 0) is 14.8 Å². The predicted molar refractivity (Wildman–Crippen MR) is 72.3 cm³/mol. The molecule has 0 aliphatic carbocycles. The summed E-state index contributed by atoms with van der Waals surface area (Å²) in [6, 6.07) is 5.75. The van der Waals surface area contributed by atoms with E-state index in [0.29, 0.717) is 6.54 Å². The molecule has 5 nitrogen and oxygen atoms in total. The van der Waals surface area contributed by atoms with E-state index in [-0.39, 0.29) is 16.6 Å². The molecule has 19 heavy (non-hydrogen) atoms. The van der Waals surface area contributed by atoms with E-state index < -0.39 is 16.0 Å². The van der Waals surface area contributed by atoms with Crippen LogP contribution >= 0.6 is 0 Å². The largest absolute Gasteiger partial charge is 0.423 e. The topological polar surface area (TPSA) is 72.5 Å². The Kier molecular flexibility index (Phi) is 5.26. The SMILES string of the molecule is C=CC(=O)Oc1cccc(S(=O)(=O)NCC(C)C)c1. The summed E-state index contributed by atoms with van der Waals surface area (Å²) in [6.07, 6.45) is 1.01. The van der Waals surface area contributed by atoms with Gasteiger partial charge in [-0.2, -0.15) is 0 Å². The molecule has 0 aliphatic heterocycles. The predicted octanol–water partition coefficient (Wildman–Crippen LogP) is 1.71. The maximum Gasteiger partial charge on any atom is 0.335 e. The fourth-order valence-corrected chi connectivity index (χ4v) is 2.47. The number of hydrogen-bond acceptors (Lipinski definition) is 4. The molecule has 0 saturated carbocycles. The smallest absolute Gasteiger partial charge is 0.335 e. The normalized spacial score (nSPS) is 11.3. The van der Waals surface area contributed by atoms with Gasteiger partial charge >= 0.3 is 5.97 Å². The van der Waals surface area contributed by atoms with Crippen LogP contribution in [0.25, 0.3) is 0 Å². The quantitative estimate of drug-likeness (QED) is 0.490. The van der Waals surface area contributed by atoms with Crippen molar-refractivity contribution in [1.82, 2.24) is 4.72 Å². The molecule has 1 N–H and O–H groups in total. The van der Waals surface area contributed by atoms with Crippen molar-refractivity contribution in [3.8, 4) is 5.75 Å². The van der Waals surface area contributed by atoms with Crippen LogP contribution in [0.2, 0.25) is 0 Å². The maximum atomic E-state index is 12.0. The average molecular weight is 283 g/mol. The zero-order valence-corrected chi connectivity index (χ0v) is 11.7. The number of sulfonamides is 1. The molecule has 0 saturated heterocycles. The molecule has 1 rings (SSSR count). The highest BCUT2D eigenvalue weighted by Crippen LogP contribution is 2.17. The first-order valence-electron chi connectivity index (χ1n) is 5.79. The van der Waals surface area contributed by atoms with Gasteiger partial charge in [0.05, 0.1) is 4.90 Å². The minimum absolute atomic E-state index is 0.0579. The third kappa shape index (κ3) is 4.84. The minimum Gasteiger partial charge on any atom is -0.423 e. The molecular formula is C13H17NO4S. The molecule has 0 heterocycles. The average Bonchev–Trinajstić information content (AvgIpc) is 2.36. The van der Waals surface area contributed by atoms with Gasteiger partial charge in [-0.25, -0.2) is 17.9 Å². The van der Waals surface area contributed by atoms with Crippen molar-refractivity contribution >= 4 is 16.0 Å². The van der Waals surface area contributed by atoms with Crippen LogP contribution in [0.1, 0.15) is 13.8 Å². The summed E-state index contributed by atoms with van der Waals surface area (Å²) in [5, 5.41) is 0. The van der Waals surface area contributed by atoms with Crippen LogP contribution in [0.4, 0.5) is 0 Å². The summed E-state index contributed by atoms with van der Waals surface area (Å²) in [6.45, 7) is 7.43. The van der Waals surface area contributed by atoms with Crippen LogP contribution in [0.3, 0.4) is 0 Å². The first-order chi connectivity index (χ1) is 8.85. The first kappa shape index (κ1) is 15.4. The number of carbonyl (C=O) groups is 1. The number of nitrogens with one attached hydrogen (secondary N) is 1. The summed E-state index contributed by atoms with van der Waals surface area (Å²) in [5.41, 5.74) is 0. The van der Waals surface area contributed by atoms with Gasteiger partial charge in [0.1, 0.15) is 5.75 Å². The summed E-state index contributed by atoms with van der Waals surface area (Å²) in [4.78, 5) is 11.1. The molecule has 1 aromatic carbocycles. The van der Waals surface area contributed by atoms with Crippen molar-refractivity contribution < 1.29 is 17.9 Å². The van der Waals surface area contributed by atoms with E-state index in [1.54, 1.807) is 0 Å². The van der Waals surface area contributed by atoms with E-state index in [1.165, 1.54) is 24.3 Å². The molecule has 0 unspecified atom stereocenters.